The number of hydrogen-bond acceptors (Lipinski definition) is 5. The van der Waals surface area contributed by atoms with E-state index in [1.165, 1.54) is 0 Å². The van der Waals surface area contributed by atoms with Crippen LogP contribution in [-0.2, 0) is 13.2 Å². The molecular weight excluding hydrogens is 397 g/mol. The number of nitrogens with zero attached hydrogens (tertiary/aromatic N) is 4. The van der Waals surface area contributed by atoms with Crippen LogP contribution in [0, 0.1) is 0 Å². The summed E-state index contributed by atoms with van der Waals surface area (Å²) in [4.78, 5) is 4.35. The third-order valence-corrected chi connectivity index (χ3v) is 4.63. The largest absolute Gasteiger partial charge is 0.487 e. The van der Waals surface area contributed by atoms with Gasteiger partial charge in [-0.05, 0) is 48.5 Å². The van der Waals surface area contributed by atoms with E-state index in [1.807, 2.05) is 42.6 Å². The van der Waals surface area contributed by atoms with Crippen LogP contribution in [0.15, 0.2) is 60.9 Å². The molecule has 0 aliphatic carbocycles. The Bertz CT molecular complexity index is 1080. The minimum Gasteiger partial charge on any atom is -0.487 e. The van der Waals surface area contributed by atoms with Gasteiger partial charge in [-0.3, -0.25) is 9.67 Å². The summed E-state index contributed by atoms with van der Waals surface area (Å²) >= 11 is 11.9. The average molecular weight is 414 g/mol. The Morgan fingerprint density at radius 2 is 1.82 bits per heavy atom. The van der Waals surface area contributed by atoms with Crippen molar-refractivity contribution < 1.29 is 4.74 Å². The molecule has 0 saturated carbocycles. The summed E-state index contributed by atoms with van der Waals surface area (Å²) in [5, 5.41) is 14.1. The molecule has 0 spiro atoms. The Hall–Kier alpha value is -2.83. The van der Waals surface area contributed by atoms with Crippen LogP contribution < -0.4 is 10.1 Å². The topological polar surface area (TPSA) is 64.9 Å². The number of fused-ring (bicyclic) bond motifs is 1. The van der Waals surface area contributed by atoms with Crippen LogP contribution in [0.5, 0.6) is 5.75 Å². The lowest BCUT2D eigenvalue weighted by Crippen LogP contribution is -2.11. The fourth-order valence-corrected chi connectivity index (χ4v) is 3.07. The molecule has 2 aromatic carbocycles. The zero-order valence-electron chi connectivity index (χ0n) is 14.8. The van der Waals surface area contributed by atoms with Crippen LogP contribution >= 0.6 is 23.2 Å². The second-order valence-electron chi connectivity index (χ2n) is 6.16. The molecule has 0 fully saturated rings. The van der Waals surface area contributed by atoms with Crippen molar-refractivity contribution in [3.8, 4) is 5.75 Å². The van der Waals surface area contributed by atoms with Crippen molar-refractivity contribution in [2.75, 3.05) is 11.9 Å². The first-order valence-corrected chi connectivity index (χ1v) is 9.48. The first-order valence-electron chi connectivity index (χ1n) is 8.73. The predicted octanol–water partition coefficient (Wildman–Crippen LogP) is 4.82. The van der Waals surface area contributed by atoms with Gasteiger partial charge < -0.3 is 10.1 Å². The summed E-state index contributed by atoms with van der Waals surface area (Å²) in [6.07, 6.45) is 3.64. The number of ether oxygens (including phenoxy) is 1. The van der Waals surface area contributed by atoms with E-state index in [0.29, 0.717) is 29.7 Å². The summed E-state index contributed by atoms with van der Waals surface area (Å²) in [6, 6.07) is 14.9. The van der Waals surface area contributed by atoms with Gasteiger partial charge in [0, 0.05) is 33.9 Å². The van der Waals surface area contributed by atoms with Gasteiger partial charge in [0.1, 0.15) is 18.1 Å². The summed E-state index contributed by atoms with van der Waals surface area (Å²) in [7, 11) is 0. The van der Waals surface area contributed by atoms with E-state index >= 15 is 0 Å². The van der Waals surface area contributed by atoms with Crippen LogP contribution in [0.2, 0.25) is 10.0 Å². The van der Waals surface area contributed by atoms with Crippen LogP contribution in [0.1, 0.15) is 5.69 Å². The fraction of sp³-hybridized carbons (Fsp3) is 0.150. The molecule has 8 heteroatoms. The van der Waals surface area contributed by atoms with Crippen LogP contribution in [0.3, 0.4) is 0 Å². The molecule has 28 heavy (non-hydrogen) atoms. The van der Waals surface area contributed by atoms with E-state index < -0.39 is 0 Å². The average Bonchev–Trinajstić information content (AvgIpc) is 3.15. The lowest BCUT2D eigenvalue weighted by atomic mass is 10.2. The molecule has 4 rings (SSSR count). The molecule has 2 aromatic heterocycles. The highest BCUT2D eigenvalue weighted by Gasteiger charge is 2.05. The zero-order valence-corrected chi connectivity index (χ0v) is 16.4. The molecule has 0 radical (unpaired) electrons. The molecule has 0 amide bonds. The number of pyridine rings is 1. The highest BCUT2D eigenvalue weighted by Crippen LogP contribution is 2.24. The molecule has 0 bridgehead atoms. The highest BCUT2D eigenvalue weighted by molar-refractivity contribution is 6.31. The molecule has 0 atom stereocenters. The van der Waals surface area contributed by atoms with Gasteiger partial charge >= 0.3 is 0 Å². The fourth-order valence-electron chi connectivity index (χ4n) is 2.78. The van der Waals surface area contributed by atoms with Gasteiger partial charge in [0.25, 0.3) is 0 Å². The lowest BCUT2D eigenvalue weighted by molar-refractivity contribution is 0.301. The van der Waals surface area contributed by atoms with Crippen LogP contribution in [0.4, 0.5) is 5.69 Å². The van der Waals surface area contributed by atoms with Crippen molar-refractivity contribution in [3.63, 3.8) is 0 Å². The first-order chi connectivity index (χ1) is 13.7. The smallest absolute Gasteiger partial charge is 0.134 e. The van der Waals surface area contributed by atoms with Gasteiger partial charge in [-0.2, -0.15) is 0 Å². The third-order valence-electron chi connectivity index (χ3n) is 4.15. The zero-order chi connectivity index (χ0) is 19.3. The molecule has 142 valence electrons. The maximum absolute atomic E-state index is 6.03. The van der Waals surface area contributed by atoms with E-state index in [9.17, 15) is 0 Å². The summed E-state index contributed by atoms with van der Waals surface area (Å²) in [6.45, 7) is 1.72. The second-order valence-corrected chi connectivity index (χ2v) is 7.04. The molecule has 1 N–H and O–H groups in total. The molecule has 4 aromatic rings. The molecule has 2 heterocycles. The number of rotatable bonds is 7. The number of benzene rings is 2. The van der Waals surface area contributed by atoms with Gasteiger partial charge in [0.05, 0.1) is 18.3 Å². The Morgan fingerprint density at radius 1 is 1.00 bits per heavy atom. The Balaban J connectivity index is 1.32. The molecule has 0 aliphatic rings. The van der Waals surface area contributed by atoms with E-state index in [-0.39, 0.29) is 0 Å². The standard InChI is InChI=1S/C20H17Cl2N5O/c21-14-1-4-17(5-2-14)28-13-16-12-27(26-25-16)10-9-24-19-7-8-23-20-11-15(22)3-6-18(19)20/h1-8,11-12H,9-10,13H2,(H,23,24). The third kappa shape index (κ3) is 4.52. The number of hydrogen-bond donors (Lipinski definition) is 1. The normalized spacial score (nSPS) is 10.9. The van der Waals surface area contributed by atoms with E-state index in [0.717, 1.165) is 28.0 Å². The number of nitrogens with one attached hydrogen (secondary N) is 1. The summed E-state index contributed by atoms with van der Waals surface area (Å²) in [5.41, 5.74) is 2.63. The van der Waals surface area contributed by atoms with E-state index in [1.54, 1.807) is 23.0 Å². The predicted molar refractivity (Wildman–Crippen MR) is 111 cm³/mol. The molecule has 0 unspecified atom stereocenters. The van der Waals surface area contributed by atoms with Gasteiger partial charge in [-0.1, -0.05) is 28.4 Å². The number of halogens is 2. The minimum absolute atomic E-state index is 0.352. The monoisotopic (exact) mass is 413 g/mol. The maximum Gasteiger partial charge on any atom is 0.134 e. The molecule has 0 saturated heterocycles. The van der Waals surface area contributed by atoms with Crippen LogP contribution in [0.25, 0.3) is 10.9 Å². The highest BCUT2D eigenvalue weighted by atomic mass is 35.5. The van der Waals surface area contributed by atoms with Crippen LogP contribution in [-0.4, -0.2) is 26.5 Å². The SMILES string of the molecule is Clc1ccc(OCc2cn(CCNc3ccnc4cc(Cl)ccc34)nn2)cc1. The maximum atomic E-state index is 6.03. The molecule has 6 nitrogen and oxygen atoms in total. The Morgan fingerprint density at radius 3 is 2.68 bits per heavy atom. The van der Waals surface area contributed by atoms with Crippen molar-refractivity contribution in [3.05, 3.63) is 76.7 Å². The quantitative estimate of drug-likeness (QED) is 0.470. The van der Waals surface area contributed by atoms with Gasteiger partial charge in [-0.25, -0.2) is 0 Å². The van der Waals surface area contributed by atoms with Crippen molar-refractivity contribution in [2.45, 2.75) is 13.2 Å². The van der Waals surface area contributed by atoms with Gasteiger partial charge in [0.2, 0.25) is 0 Å². The van der Waals surface area contributed by atoms with Gasteiger partial charge in [-0.15, -0.1) is 5.10 Å². The van der Waals surface area contributed by atoms with Crippen molar-refractivity contribution in [2.24, 2.45) is 0 Å². The summed E-state index contributed by atoms with van der Waals surface area (Å²) < 4.78 is 7.47. The summed E-state index contributed by atoms with van der Waals surface area (Å²) in [5.74, 6) is 0.741. The number of anilines is 1. The van der Waals surface area contributed by atoms with Gasteiger partial charge in [0.15, 0.2) is 0 Å². The van der Waals surface area contributed by atoms with Crippen molar-refractivity contribution >= 4 is 39.8 Å². The Kier molecular flexibility index (Phi) is 5.60. The number of aromatic nitrogens is 4. The van der Waals surface area contributed by atoms with E-state index in [4.69, 9.17) is 27.9 Å². The molecular formula is C20H17Cl2N5O. The lowest BCUT2D eigenvalue weighted by Gasteiger charge is -2.09. The minimum atomic E-state index is 0.352. The second kappa shape index (κ2) is 8.46. The first kappa shape index (κ1) is 18.5. The van der Waals surface area contributed by atoms with E-state index in [2.05, 4.69) is 20.6 Å². The molecule has 0 aliphatic heterocycles. The van der Waals surface area contributed by atoms with Crippen molar-refractivity contribution in [1.29, 1.82) is 0 Å². The van der Waals surface area contributed by atoms with Crippen molar-refractivity contribution in [1.82, 2.24) is 20.0 Å². The Labute approximate surface area is 172 Å².